The van der Waals surface area contributed by atoms with Crippen LogP contribution in [-0.2, 0) is 6.61 Å². The first-order valence-corrected chi connectivity index (χ1v) is 8.59. The molecule has 0 aliphatic carbocycles. The molecule has 1 amide bonds. The lowest BCUT2D eigenvalue weighted by molar-refractivity contribution is 0.0992. The van der Waals surface area contributed by atoms with Crippen molar-refractivity contribution in [1.29, 1.82) is 0 Å². The molecule has 0 fully saturated rings. The molecular formula is C20H14F5NO4. The van der Waals surface area contributed by atoms with Crippen LogP contribution < -0.4 is 14.8 Å². The number of amides is 1. The van der Waals surface area contributed by atoms with Crippen LogP contribution in [0.5, 0.6) is 11.5 Å². The van der Waals surface area contributed by atoms with Gasteiger partial charge in [0.25, 0.3) is 5.91 Å². The molecule has 0 spiro atoms. The number of carbonyl (C=O) groups is 1. The van der Waals surface area contributed by atoms with E-state index in [1.165, 1.54) is 12.1 Å². The molecule has 5 nitrogen and oxygen atoms in total. The highest BCUT2D eigenvalue weighted by atomic mass is 19.2. The summed E-state index contributed by atoms with van der Waals surface area (Å²) in [6.07, 6.45) is 0. The van der Waals surface area contributed by atoms with Crippen molar-refractivity contribution in [2.24, 2.45) is 0 Å². The summed E-state index contributed by atoms with van der Waals surface area (Å²) in [6.45, 7) is 1.66. The van der Waals surface area contributed by atoms with E-state index < -0.39 is 47.3 Å². The van der Waals surface area contributed by atoms with Crippen molar-refractivity contribution in [3.63, 3.8) is 0 Å². The number of furan rings is 1. The van der Waals surface area contributed by atoms with Crippen LogP contribution in [0.2, 0.25) is 0 Å². The smallest absolute Gasteiger partial charge is 0.291 e. The fourth-order valence-electron chi connectivity index (χ4n) is 2.43. The van der Waals surface area contributed by atoms with Crippen molar-refractivity contribution in [2.75, 3.05) is 11.9 Å². The molecule has 0 saturated carbocycles. The highest BCUT2D eigenvalue weighted by Gasteiger charge is 2.27. The van der Waals surface area contributed by atoms with Gasteiger partial charge in [-0.3, -0.25) is 4.79 Å². The lowest BCUT2D eigenvalue weighted by Gasteiger charge is -2.09. The third kappa shape index (κ3) is 4.37. The summed E-state index contributed by atoms with van der Waals surface area (Å²) in [6, 6.07) is 9.06. The Bertz CT molecular complexity index is 1040. The van der Waals surface area contributed by atoms with Gasteiger partial charge in [0.05, 0.1) is 6.61 Å². The normalized spacial score (nSPS) is 10.7. The van der Waals surface area contributed by atoms with Gasteiger partial charge < -0.3 is 19.2 Å². The van der Waals surface area contributed by atoms with Gasteiger partial charge in [-0.05, 0) is 43.3 Å². The second kappa shape index (κ2) is 8.85. The maximum atomic E-state index is 13.6. The second-order valence-corrected chi connectivity index (χ2v) is 5.87. The Balaban J connectivity index is 1.66. The molecule has 1 N–H and O–H groups in total. The van der Waals surface area contributed by atoms with E-state index in [4.69, 9.17) is 9.15 Å². The van der Waals surface area contributed by atoms with Gasteiger partial charge in [-0.2, -0.15) is 8.78 Å². The van der Waals surface area contributed by atoms with E-state index in [2.05, 4.69) is 10.1 Å². The Labute approximate surface area is 167 Å². The zero-order valence-corrected chi connectivity index (χ0v) is 15.4. The van der Waals surface area contributed by atoms with Gasteiger partial charge in [0.2, 0.25) is 29.1 Å². The number of rotatable bonds is 7. The molecule has 0 bridgehead atoms. The van der Waals surface area contributed by atoms with E-state index >= 15 is 0 Å². The minimum Gasteiger partial charge on any atom is -0.494 e. The number of hydrogen-bond donors (Lipinski definition) is 1. The first-order chi connectivity index (χ1) is 14.3. The summed E-state index contributed by atoms with van der Waals surface area (Å²) < 4.78 is 81.8. The van der Waals surface area contributed by atoms with Crippen LogP contribution in [0.4, 0.5) is 27.6 Å². The number of ether oxygens (including phenoxy) is 2. The Morgan fingerprint density at radius 1 is 0.867 bits per heavy atom. The number of benzene rings is 2. The lowest BCUT2D eigenvalue weighted by Crippen LogP contribution is -2.11. The number of hydrogen-bond acceptors (Lipinski definition) is 4. The summed E-state index contributed by atoms with van der Waals surface area (Å²) in [7, 11) is 0. The summed E-state index contributed by atoms with van der Waals surface area (Å²) in [5, 5.41) is 2.56. The SMILES string of the molecule is CCOc1ccc(NC(=O)c2ccc(COc3c(F)c(F)c(F)c(F)c3F)o2)cc1. The van der Waals surface area contributed by atoms with Crippen LogP contribution >= 0.6 is 0 Å². The molecule has 0 aliphatic heterocycles. The van der Waals surface area contributed by atoms with E-state index in [0.29, 0.717) is 18.0 Å². The highest BCUT2D eigenvalue weighted by Crippen LogP contribution is 2.30. The van der Waals surface area contributed by atoms with E-state index in [1.54, 1.807) is 24.3 Å². The van der Waals surface area contributed by atoms with Crippen LogP contribution in [0, 0.1) is 29.1 Å². The van der Waals surface area contributed by atoms with E-state index in [0.717, 1.165) is 0 Å². The fourth-order valence-corrected chi connectivity index (χ4v) is 2.43. The van der Waals surface area contributed by atoms with Gasteiger partial charge >= 0.3 is 0 Å². The maximum absolute atomic E-state index is 13.6. The summed E-state index contributed by atoms with van der Waals surface area (Å²) in [5.74, 6) is -12.4. The van der Waals surface area contributed by atoms with Gasteiger partial charge in [0.1, 0.15) is 18.1 Å². The Morgan fingerprint density at radius 3 is 2.07 bits per heavy atom. The largest absolute Gasteiger partial charge is 0.494 e. The first kappa shape index (κ1) is 21.2. The van der Waals surface area contributed by atoms with Crippen LogP contribution in [0.3, 0.4) is 0 Å². The van der Waals surface area contributed by atoms with Gasteiger partial charge in [0.15, 0.2) is 11.5 Å². The van der Waals surface area contributed by atoms with Crippen LogP contribution in [0.15, 0.2) is 40.8 Å². The quantitative estimate of drug-likeness (QED) is 0.320. The van der Waals surface area contributed by atoms with Crippen molar-refractivity contribution < 1.29 is 40.6 Å². The molecule has 0 saturated heterocycles. The third-order valence-corrected chi connectivity index (χ3v) is 3.84. The lowest BCUT2D eigenvalue weighted by atomic mass is 10.2. The molecule has 1 heterocycles. The standard InChI is InChI=1S/C20H14F5NO4/c1-2-28-11-5-3-10(4-6-11)26-20(27)13-8-7-12(30-13)9-29-19-17(24)15(22)14(21)16(23)18(19)25/h3-8H,2,9H2,1H3,(H,26,27). The molecular weight excluding hydrogens is 413 g/mol. The molecule has 0 aliphatic rings. The third-order valence-electron chi connectivity index (χ3n) is 3.84. The topological polar surface area (TPSA) is 60.7 Å². The zero-order chi connectivity index (χ0) is 21.8. The molecule has 3 aromatic rings. The van der Waals surface area contributed by atoms with Gasteiger partial charge in [-0.15, -0.1) is 0 Å². The number of nitrogens with one attached hydrogen (secondary N) is 1. The van der Waals surface area contributed by atoms with Crippen LogP contribution in [0.25, 0.3) is 0 Å². The predicted molar refractivity (Wildman–Crippen MR) is 94.8 cm³/mol. The average molecular weight is 427 g/mol. The van der Waals surface area contributed by atoms with Crippen molar-refractivity contribution >= 4 is 11.6 Å². The Kier molecular flexibility index (Phi) is 6.24. The molecule has 2 aromatic carbocycles. The van der Waals surface area contributed by atoms with Crippen molar-refractivity contribution in [1.82, 2.24) is 0 Å². The Hall–Kier alpha value is -3.56. The van der Waals surface area contributed by atoms with E-state index in [9.17, 15) is 26.7 Å². The maximum Gasteiger partial charge on any atom is 0.291 e. The van der Waals surface area contributed by atoms with Crippen molar-refractivity contribution in [3.8, 4) is 11.5 Å². The summed E-state index contributed by atoms with van der Waals surface area (Å²) >= 11 is 0. The Morgan fingerprint density at radius 2 is 1.47 bits per heavy atom. The minimum absolute atomic E-state index is 0.0733. The van der Waals surface area contributed by atoms with Gasteiger partial charge in [-0.1, -0.05) is 0 Å². The van der Waals surface area contributed by atoms with Crippen molar-refractivity contribution in [2.45, 2.75) is 13.5 Å². The number of carbonyl (C=O) groups excluding carboxylic acids is 1. The van der Waals surface area contributed by atoms with Crippen LogP contribution in [-0.4, -0.2) is 12.5 Å². The molecule has 0 atom stereocenters. The molecule has 30 heavy (non-hydrogen) atoms. The van der Waals surface area contributed by atoms with E-state index in [-0.39, 0.29) is 11.5 Å². The van der Waals surface area contributed by atoms with Crippen molar-refractivity contribution in [3.05, 3.63) is 77.0 Å². The summed E-state index contributed by atoms with van der Waals surface area (Å²) in [4.78, 5) is 12.2. The number of anilines is 1. The molecule has 0 unspecified atom stereocenters. The second-order valence-electron chi connectivity index (χ2n) is 5.87. The first-order valence-electron chi connectivity index (χ1n) is 8.59. The molecule has 3 rings (SSSR count). The fraction of sp³-hybridized carbons (Fsp3) is 0.150. The predicted octanol–water partition coefficient (Wildman–Crippen LogP) is 5.21. The zero-order valence-electron chi connectivity index (χ0n) is 15.4. The van der Waals surface area contributed by atoms with Gasteiger partial charge in [0, 0.05) is 5.69 Å². The molecule has 158 valence electrons. The van der Waals surface area contributed by atoms with Crippen LogP contribution in [0.1, 0.15) is 23.2 Å². The molecule has 1 aromatic heterocycles. The highest BCUT2D eigenvalue weighted by molar-refractivity contribution is 6.02. The monoisotopic (exact) mass is 427 g/mol. The minimum atomic E-state index is -2.29. The molecule has 0 radical (unpaired) electrons. The number of halogens is 5. The van der Waals surface area contributed by atoms with Gasteiger partial charge in [-0.25, -0.2) is 13.2 Å². The van der Waals surface area contributed by atoms with E-state index in [1.807, 2.05) is 6.92 Å². The molecule has 10 heteroatoms. The summed E-state index contributed by atoms with van der Waals surface area (Å²) in [5.41, 5.74) is 0.457. The average Bonchev–Trinajstić information content (AvgIpc) is 3.21.